The molecule has 0 radical (unpaired) electrons. The third-order valence-electron chi connectivity index (χ3n) is 6.22. The van der Waals surface area contributed by atoms with Gasteiger partial charge in [-0.15, -0.1) is 0 Å². The van der Waals surface area contributed by atoms with Gasteiger partial charge in [0.2, 0.25) is 0 Å². The van der Waals surface area contributed by atoms with Crippen molar-refractivity contribution in [1.29, 1.82) is 0 Å². The molecule has 230 valence electrons. The van der Waals surface area contributed by atoms with Crippen molar-refractivity contribution < 1.29 is 49.1 Å². The number of carbonyl (C=O) groups excluding carboxylic acids is 2. The molecule has 6 N–H and O–H groups in total. The summed E-state index contributed by atoms with van der Waals surface area (Å²) in [5.74, 6) is -2.26. The third kappa shape index (κ3) is 7.04. The van der Waals surface area contributed by atoms with Gasteiger partial charge in [-0.1, -0.05) is 12.1 Å². The SMILES string of the molecule is Nc1ccc(C(=O)Nc2ccc(C(=O)Nc3ccc(-c4ccc(N)cc4C(F)(F)F)c(C(F)(F)F)c3)c(C(F)(F)F)c2)cc1. The van der Waals surface area contributed by atoms with Crippen molar-refractivity contribution in [2.24, 2.45) is 0 Å². The average molecular weight is 626 g/mol. The lowest BCUT2D eigenvalue weighted by atomic mass is 9.93. The van der Waals surface area contributed by atoms with E-state index in [-0.39, 0.29) is 16.9 Å². The molecule has 0 aliphatic carbocycles. The van der Waals surface area contributed by atoms with Crippen LogP contribution in [0.5, 0.6) is 0 Å². The maximum Gasteiger partial charge on any atom is 0.417 e. The lowest BCUT2D eigenvalue weighted by Crippen LogP contribution is -2.20. The van der Waals surface area contributed by atoms with Crippen molar-refractivity contribution in [2.75, 3.05) is 22.1 Å². The Kier molecular flexibility index (Phi) is 8.27. The Hall–Kier alpha value is -5.21. The minimum Gasteiger partial charge on any atom is -0.399 e. The molecule has 0 fully saturated rings. The van der Waals surface area contributed by atoms with Crippen molar-refractivity contribution in [3.05, 3.63) is 107 Å². The highest BCUT2D eigenvalue weighted by Gasteiger charge is 2.39. The summed E-state index contributed by atoms with van der Waals surface area (Å²) in [4.78, 5) is 25.3. The number of nitrogen functional groups attached to an aromatic ring is 2. The Morgan fingerprint density at radius 2 is 0.932 bits per heavy atom. The second-order valence-electron chi connectivity index (χ2n) is 9.35. The van der Waals surface area contributed by atoms with Crippen LogP contribution in [-0.4, -0.2) is 11.8 Å². The van der Waals surface area contributed by atoms with E-state index in [1.54, 1.807) is 0 Å². The third-order valence-corrected chi connectivity index (χ3v) is 6.22. The molecule has 4 rings (SSSR count). The van der Waals surface area contributed by atoms with Crippen LogP contribution >= 0.6 is 0 Å². The minimum atomic E-state index is -5.23. The molecule has 0 spiro atoms. The topological polar surface area (TPSA) is 110 Å². The second kappa shape index (κ2) is 11.5. The van der Waals surface area contributed by atoms with E-state index < -0.39 is 69.4 Å². The van der Waals surface area contributed by atoms with Gasteiger partial charge in [0.15, 0.2) is 0 Å². The molecule has 0 aromatic heterocycles. The van der Waals surface area contributed by atoms with Crippen LogP contribution in [0.4, 0.5) is 62.3 Å². The summed E-state index contributed by atoms with van der Waals surface area (Å²) in [7, 11) is 0. The van der Waals surface area contributed by atoms with Crippen molar-refractivity contribution in [1.82, 2.24) is 0 Å². The van der Waals surface area contributed by atoms with E-state index in [0.717, 1.165) is 24.3 Å². The monoisotopic (exact) mass is 626 g/mol. The molecule has 0 bridgehead atoms. The number of hydrogen-bond acceptors (Lipinski definition) is 4. The van der Waals surface area contributed by atoms with Crippen LogP contribution in [0.3, 0.4) is 0 Å². The number of nitrogens with one attached hydrogen (secondary N) is 2. The Morgan fingerprint density at radius 1 is 0.500 bits per heavy atom. The maximum absolute atomic E-state index is 14.0. The fourth-order valence-electron chi connectivity index (χ4n) is 4.21. The van der Waals surface area contributed by atoms with Gasteiger partial charge in [0.25, 0.3) is 11.8 Å². The summed E-state index contributed by atoms with van der Waals surface area (Å²) in [5.41, 5.74) is 2.68. The summed E-state index contributed by atoms with van der Waals surface area (Å²) in [5, 5.41) is 4.17. The zero-order chi connectivity index (χ0) is 32.6. The van der Waals surface area contributed by atoms with E-state index in [1.807, 2.05) is 5.32 Å². The Balaban J connectivity index is 1.68. The predicted octanol–water partition coefficient (Wildman–Crippen LogP) is 8.08. The zero-order valence-electron chi connectivity index (χ0n) is 21.9. The van der Waals surface area contributed by atoms with Gasteiger partial charge in [-0.2, -0.15) is 39.5 Å². The summed E-state index contributed by atoms with van der Waals surface area (Å²) >= 11 is 0. The Bertz CT molecular complexity index is 1730. The predicted molar refractivity (Wildman–Crippen MR) is 144 cm³/mol. The number of anilines is 4. The van der Waals surface area contributed by atoms with Gasteiger partial charge in [-0.25, -0.2) is 0 Å². The van der Waals surface area contributed by atoms with E-state index in [1.165, 1.54) is 24.3 Å². The zero-order valence-corrected chi connectivity index (χ0v) is 21.9. The van der Waals surface area contributed by atoms with E-state index in [2.05, 4.69) is 5.32 Å². The fourth-order valence-corrected chi connectivity index (χ4v) is 4.21. The molecule has 4 aromatic carbocycles. The number of nitrogens with two attached hydrogens (primary N) is 2. The fraction of sp³-hybridized carbons (Fsp3) is 0.103. The Labute approximate surface area is 242 Å². The normalized spacial score (nSPS) is 12.1. The van der Waals surface area contributed by atoms with Gasteiger partial charge in [-0.3, -0.25) is 9.59 Å². The molecule has 6 nitrogen and oxygen atoms in total. The quantitative estimate of drug-likeness (QED) is 0.133. The summed E-state index contributed by atoms with van der Waals surface area (Å²) in [6, 6.07) is 11.6. The Morgan fingerprint density at radius 3 is 1.48 bits per heavy atom. The first-order chi connectivity index (χ1) is 20.3. The number of halogens is 9. The molecule has 44 heavy (non-hydrogen) atoms. The van der Waals surface area contributed by atoms with Crippen molar-refractivity contribution >= 4 is 34.6 Å². The highest BCUT2D eigenvalue weighted by atomic mass is 19.4. The molecular formula is C29H19F9N4O2. The lowest BCUT2D eigenvalue weighted by molar-refractivity contribution is -0.139. The first-order valence-corrected chi connectivity index (χ1v) is 12.2. The van der Waals surface area contributed by atoms with Crippen LogP contribution in [0.1, 0.15) is 37.4 Å². The summed E-state index contributed by atoms with van der Waals surface area (Å²) in [6.07, 6.45) is -15.4. The highest BCUT2D eigenvalue weighted by molar-refractivity contribution is 6.07. The lowest BCUT2D eigenvalue weighted by Gasteiger charge is -2.19. The number of amides is 2. The van der Waals surface area contributed by atoms with Crippen molar-refractivity contribution in [3.8, 4) is 11.1 Å². The molecule has 0 aliphatic rings. The molecule has 0 saturated heterocycles. The summed E-state index contributed by atoms with van der Waals surface area (Å²) in [6.45, 7) is 0. The van der Waals surface area contributed by atoms with Crippen molar-refractivity contribution in [3.63, 3.8) is 0 Å². The largest absolute Gasteiger partial charge is 0.417 e. The number of alkyl halides is 9. The molecule has 0 heterocycles. The highest BCUT2D eigenvalue weighted by Crippen LogP contribution is 2.44. The standard InChI is InChI=1S/C29H19F9N4O2/c30-27(31,32)22-11-16(40)5-8-19(22)20-9-6-18(12-23(20)28(33,34)35)42-26(44)21-10-7-17(13-24(21)29(36,37)38)41-25(43)14-1-3-15(39)4-2-14/h1-13H,39-40H2,(H,41,43)(H,42,44). The average Bonchev–Trinajstić information content (AvgIpc) is 2.92. The van der Waals surface area contributed by atoms with Crippen LogP contribution < -0.4 is 22.1 Å². The van der Waals surface area contributed by atoms with Gasteiger partial charge < -0.3 is 22.1 Å². The molecule has 4 aromatic rings. The van der Waals surface area contributed by atoms with Gasteiger partial charge in [0.1, 0.15) is 0 Å². The van der Waals surface area contributed by atoms with Crippen LogP contribution in [0.2, 0.25) is 0 Å². The number of benzene rings is 4. The van der Waals surface area contributed by atoms with Crippen LogP contribution in [0.15, 0.2) is 78.9 Å². The van der Waals surface area contributed by atoms with E-state index >= 15 is 0 Å². The van der Waals surface area contributed by atoms with E-state index in [4.69, 9.17) is 11.5 Å². The van der Waals surface area contributed by atoms with Crippen LogP contribution in [0, 0.1) is 0 Å². The van der Waals surface area contributed by atoms with Gasteiger partial charge in [-0.05, 0) is 77.9 Å². The number of rotatable bonds is 5. The number of hydrogen-bond donors (Lipinski definition) is 4. The summed E-state index contributed by atoms with van der Waals surface area (Å²) < 4.78 is 124. The molecule has 0 saturated carbocycles. The molecule has 2 amide bonds. The van der Waals surface area contributed by atoms with E-state index in [0.29, 0.717) is 36.0 Å². The molecule has 15 heteroatoms. The maximum atomic E-state index is 14.0. The van der Waals surface area contributed by atoms with Gasteiger partial charge in [0.05, 0.1) is 22.3 Å². The van der Waals surface area contributed by atoms with Gasteiger partial charge >= 0.3 is 18.5 Å². The second-order valence-corrected chi connectivity index (χ2v) is 9.35. The molecule has 0 aliphatic heterocycles. The van der Waals surface area contributed by atoms with Crippen LogP contribution in [-0.2, 0) is 18.5 Å². The first-order valence-electron chi connectivity index (χ1n) is 12.2. The smallest absolute Gasteiger partial charge is 0.399 e. The molecule has 0 unspecified atom stereocenters. The number of carbonyl (C=O) groups is 2. The molecular weight excluding hydrogens is 607 g/mol. The van der Waals surface area contributed by atoms with Gasteiger partial charge in [0, 0.05) is 28.3 Å². The van der Waals surface area contributed by atoms with Crippen LogP contribution in [0.25, 0.3) is 11.1 Å². The van der Waals surface area contributed by atoms with E-state index in [9.17, 15) is 49.1 Å². The first kappa shape index (κ1) is 31.7. The molecule has 0 atom stereocenters. The van der Waals surface area contributed by atoms with Crippen molar-refractivity contribution in [2.45, 2.75) is 18.5 Å². The minimum absolute atomic E-state index is 0.0693.